The summed E-state index contributed by atoms with van der Waals surface area (Å²) in [5.74, 6) is 1.69. The van der Waals surface area contributed by atoms with Crippen LogP contribution < -0.4 is 9.47 Å². The molecule has 1 aromatic carbocycles. The first-order chi connectivity index (χ1) is 8.72. The Morgan fingerprint density at radius 3 is 2.72 bits per heavy atom. The maximum atomic E-state index is 5.88. The smallest absolute Gasteiger partial charge is 0.124 e. The van der Waals surface area contributed by atoms with Crippen LogP contribution in [0.2, 0.25) is 4.34 Å². The summed E-state index contributed by atoms with van der Waals surface area (Å²) in [6, 6.07) is 9.63. The molecule has 0 aliphatic rings. The molecule has 0 amide bonds. The molecule has 0 radical (unpaired) electrons. The fraction of sp³-hybridized carbons (Fsp3) is 0.231. The van der Waals surface area contributed by atoms with Crippen molar-refractivity contribution in [3.05, 3.63) is 45.1 Å². The van der Waals surface area contributed by atoms with Gasteiger partial charge in [0.05, 0.1) is 11.4 Å². The lowest BCUT2D eigenvalue weighted by Gasteiger charge is -2.10. The third kappa shape index (κ3) is 3.40. The second-order valence-electron chi connectivity index (χ2n) is 3.60. The van der Waals surface area contributed by atoms with E-state index in [-0.39, 0.29) is 0 Å². The topological polar surface area (TPSA) is 18.5 Å². The molecule has 2 aromatic rings. The van der Waals surface area contributed by atoms with E-state index in [4.69, 9.17) is 21.1 Å². The third-order valence-corrected chi connectivity index (χ3v) is 4.22. The minimum absolute atomic E-state index is 0.531. The Kier molecular flexibility index (Phi) is 4.92. The normalized spacial score (nSPS) is 10.4. The predicted octanol–water partition coefficient (Wildman–Crippen LogP) is 4.88. The Morgan fingerprint density at radius 1 is 1.28 bits per heavy atom. The van der Waals surface area contributed by atoms with Crippen LogP contribution in [0.1, 0.15) is 10.4 Å². The van der Waals surface area contributed by atoms with Gasteiger partial charge in [-0.2, -0.15) is 0 Å². The van der Waals surface area contributed by atoms with Crippen molar-refractivity contribution in [2.45, 2.75) is 11.9 Å². The molecule has 0 saturated heterocycles. The number of methoxy groups -OCH3 is 1. The summed E-state index contributed by atoms with van der Waals surface area (Å²) in [7, 11) is 1.65. The van der Waals surface area contributed by atoms with E-state index in [0.29, 0.717) is 6.61 Å². The Labute approximate surface area is 124 Å². The highest BCUT2D eigenvalue weighted by molar-refractivity contribution is 9.08. The van der Waals surface area contributed by atoms with E-state index in [1.165, 1.54) is 11.3 Å². The molecule has 2 rings (SSSR count). The molecule has 1 heterocycles. The molecule has 0 aliphatic carbocycles. The van der Waals surface area contributed by atoms with Crippen molar-refractivity contribution in [3.8, 4) is 11.5 Å². The number of benzene rings is 1. The van der Waals surface area contributed by atoms with E-state index in [1.807, 2.05) is 30.3 Å². The van der Waals surface area contributed by atoms with Crippen LogP contribution in [0.4, 0.5) is 0 Å². The molecule has 96 valence electrons. The highest BCUT2D eigenvalue weighted by Crippen LogP contribution is 2.28. The van der Waals surface area contributed by atoms with Gasteiger partial charge in [0, 0.05) is 15.8 Å². The average molecular weight is 348 g/mol. The second kappa shape index (κ2) is 6.45. The number of alkyl halides is 1. The molecule has 0 unspecified atom stereocenters. The molecule has 5 heteroatoms. The zero-order chi connectivity index (χ0) is 13.0. The highest BCUT2D eigenvalue weighted by atomic mass is 79.9. The lowest BCUT2D eigenvalue weighted by atomic mass is 10.2. The van der Waals surface area contributed by atoms with E-state index < -0.39 is 0 Å². The van der Waals surface area contributed by atoms with Gasteiger partial charge in [0.15, 0.2) is 0 Å². The molecule has 0 bridgehead atoms. The van der Waals surface area contributed by atoms with Gasteiger partial charge < -0.3 is 9.47 Å². The van der Waals surface area contributed by atoms with Crippen molar-refractivity contribution in [2.75, 3.05) is 7.11 Å². The Balaban J connectivity index is 2.08. The summed E-state index contributed by atoms with van der Waals surface area (Å²) in [4.78, 5) is 1.11. The van der Waals surface area contributed by atoms with Crippen LogP contribution in [-0.4, -0.2) is 7.11 Å². The summed E-state index contributed by atoms with van der Waals surface area (Å²) in [6.45, 7) is 0.531. The van der Waals surface area contributed by atoms with Crippen LogP contribution in [0.5, 0.6) is 11.5 Å². The quantitative estimate of drug-likeness (QED) is 0.717. The van der Waals surface area contributed by atoms with Crippen molar-refractivity contribution < 1.29 is 9.47 Å². The fourth-order valence-electron chi connectivity index (χ4n) is 1.51. The summed E-state index contributed by atoms with van der Waals surface area (Å²) in [5.41, 5.74) is 1.07. The molecule has 0 atom stereocenters. The fourth-order valence-corrected chi connectivity index (χ4v) is 2.95. The number of halogens is 2. The van der Waals surface area contributed by atoms with Crippen LogP contribution in [0, 0.1) is 0 Å². The largest absolute Gasteiger partial charge is 0.497 e. The molecule has 18 heavy (non-hydrogen) atoms. The molecule has 0 N–H and O–H groups in total. The Hall–Kier alpha value is -0.710. The number of ether oxygens (including phenoxy) is 2. The molecule has 0 saturated carbocycles. The van der Waals surface area contributed by atoms with Gasteiger partial charge >= 0.3 is 0 Å². The number of thiophene rings is 1. The first-order valence-electron chi connectivity index (χ1n) is 5.33. The van der Waals surface area contributed by atoms with Gasteiger partial charge in [-0.3, -0.25) is 0 Å². The van der Waals surface area contributed by atoms with Gasteiger partial charge in [-0.25, -0.2) is 0 Å². The summed E-state index contributed by atoms with van der Waals surface area (Å²) in [5, 5.41) is 0.727. The monoisotopic (exact) mass is 346 g/mol. The zero-order valence-electron chi connectivity index (χ0n) is 9.78. The summed E-state index contributed by atoms with van der Waals surface area (Å²) >= 11 is 10.9. The average Bonchev–Trinajstić information content (AvgIpc) is 2.82. The van der Waals surface area contributed by atoms with Crippen LogP contribution in [0.3, 0.4) is 0 Å². The molecule has 2 nitrogen and oxygen atoms in total. The Bertz CT molecular complexity index is 527. The summed E-state index contributed by atoms with van der Waals surface area (Å²) < 4.78 is 11.8. The van der Waals surface area contributed by atoms with Gasteiger partial charge in [-0.05, 0) is 30.3 Å². The minimum atomic E-state index is 0.531. The molecule has 0 fully saturated rings. The molecule has 0 spiro atoms. The maximum absolute atomic E-state index is 5.88. The number of hydrogen-bond donors (Lipinski definition) is 0. The zero-order valence-corrected chi connectivity index (χ0v) is 12.9. The standard InChI is InChI=1S/C13H12BrClO2S/c1-16-10-2-4-12(9(6-10)7-14)17-8-11-3-5-13(15)18-11/h2-6H,7-8H2,1H3. The number of rotatable bonds is 5. The van der Waals surface area contributed by atoms with Crippen molar-refractivity contribution in [1.29, 1.82) is 0 Å². The van der Waals surface area contributed by atoms with Gasteiger partial charge in [-0.15, -0.1) is 11.3 Å². The van der Waals surface area contributed by atoms with Crippen LogP contribution in [-0.2, 0) is 11.9 Å². The minimum Gasteiger partial charge on any atom is -0.497 e. The van der Waals surface area contributed by atoms with Gasteiger partial charge in [0.1, 0.15) is 18.1 Å². The van der Waals surface area contributed by atoms with Crippen LogP contribution in [0.15, 0.2) is 30.3 Å². The lowest BCUT2D eigenvalue weighted by molar-refractivity contribution is 0.306. The first kappa shape index (κ1) is 13.7. The van der Waals surface area contributed by atoms with E-state index in [1.54, 1.807) is 7.11 Å². The van der Waals surface area contributed by atoms with Gasteiger partial charge in [0.2, 0.25) is 0 Å². The maximum Gasteiger partial charge on any atom is 0.124 e. The molecule has 1 aromatic heterocycles. The highest BCUT2D eigenvalue weighted by Gasteiger charge is 2.06. The number of hydrogen-bond acceptors (Lipinski definition) is 3. The first-order valence-corrected chi connectivity index (χ1v) is 7.64. The van der Waals surface area contributed by atoms with E-state index in [2.05, 4.69) is 15.9 Å². The van der Waals surface area contributed by atoms with Crippen molar-refractivity contribution in [2.24, 2.45) is 0 Å². The lowest BCUT2D eigenvalue weighted by Crippen LogP contribution is -1.96. The predicted molar refractivity (Wildman–Crippen MR) is 79.3 cm³/mol. The molecular weight excluding hydrogens is 336 g/mol. The van der Waals surface area contributed by atoms with Gasteiger partial charge in [0.25, 0.3) is 0 Å². The van der Waals surface area contributed by atoms with Crippen LogP contribution in [0.25, 0.3) is 0 Å². The van der Waals surface area contributed by atoms with Crippen LogP contribution >= 0.6 is 38.9 Å². The SMILES string of the molecule is COc1ccc(OCc2ccc(Cl)s2)c(CBr)c1. The molecule has 0 aliphatic heterocycles. The van der Waals surface area contributed by atoms with Crippen molar-refractivity contribution in [1.82, 2.24) is 0 Å². The van der Waals surface area contributed by atoms with E-state index in [9.17, 15) is 0 Å². The third-order valence-electron chi connectivity index (χ3n) is 2.41. The molecular formula is C13H12BrClO2S. The van der Waals surface area contributed by atoms with Crippen molar-refractivity contribution in [3.63, 3.8) is 0 Å². The van der Waals surface area contributed by atoms with E-state index >= 15 is 0 Å². The van der Waals surface area contributed by atoms with Gasteiger partial charge in [-0.1, -0.05) is 27.5 Å². The van der Waals surface area contributed by atoms with E-state index in [0.717, 1.165) is 31.6 Å². The summed E-state index contributed by atoms with van der Waals surface area (Å²) in [6.07, 6.45) is 0. The van der Waals surface area contributed by atoms with Crippen molar-refractivity contribution >= 4 is 38.9 Å². The second-order valence-corrected chi connectivity index (χ2v) is 5.96. The Morgan fingerprint density at radius 2 is 2.11 bits per heavy atom.